The molecule has 0 fully saturated rings. The first-order chi connectivity index (χ1) is 13.0. The topological polar surface area (TPSA) is 87.8 Å². The molecular formula is C17H14Cl3N5O2. The summed E-state index contributed by atoms with van der Waals surface area (Å²) in [5, 5.41) is 19.3. The predicted molar refractivity (Wildman–Crippen MR) is 102 cm³/mol. The standard InChI is InChI=1S/C17H14Cl3N5O2/c1-21-16(26)27-9-12(10-5-2-3-7-13(10)18)17(22-24-25-23-17)11-6-4-8-14(19)15(11)20/h2-8,12H,9H2,1H3,(H,21,26). The van der Waals surface area contributed by atoms with E-state index in [0.717, 1.165) is 0 Å². The highest BCUT2D eigenvalue weighted by molar-refractivity contribution is 6.42. The van der Waals surface area contributed by atoms with E-state index in [0.29, 0.717) is 21.2 Å². The second-order valence-corrected chi connectivity index (χ2v) is 6.82. The van der Waals surface area contributed by atoms with Crippen LogP contribution in [0.15, 0.2) is 63.1 Å². The molecule has 10 heteroatoms. The fourth-order valence-electron chi connectivity index (χ4n) is 2.83. The van der Waals surface area contributed by atoms with Gasteiger partial charge in [-0.2, -0.15) is 0 Å². The van der Waals surface area contributed by atoms with Crippen molar-refractivity contribution in [2.45, 2.75) is 11.6 Å². The molecule has 1 unspecified atom stereocenters. The number of benzene rings is 2. The largest absolute Gasteiger partial charge is 0.449 e. The van der Waals surface area contributed by atoms with Gasteiger partial charge in [-0.3, -0.25) is 0 Å². The first kappa shape index (κ1) is 19.5. The minimum absolute atomic E-state index is 0.0930. The van der Waals surface area contributed by atoms with E-state index in [9.17, 15) is 4.79 Å². The normalized spacial score (nSPS) is 15.6. The van der Waals surface area contributed by atoms with Crippen molar-refractivity contribution < 1.29 is 9.53 Å². The van der Waals surface area contributed by atoms with E-state index in [1.807, 2.05) is 6.07 Å². The fourth-order valence-corrected chi connectivity index (χ4v) is 3.54. The summed E-state index contributed by atoms with van der Waals surface area (Å²) >= 11 is 19.0. The molecule has 0 radical (unpaired) electrons. The number of nitrogens with zero attached hydrogens (tertiary/aromatic N) is 4. The van der Waals surface area contributed by atoms with Gasteiger partial charge in [0.05, 0.1) is 16.0 Å². The van der Waals surface area contributed by atoms with Crippen molar-refractivity contribution in [1.82, 2.24) is 5.32 Å². The Morgan fingerprint density at radius 3 is 2.41 bits per heavy atom. The first-order valence-electron chi connectivity index (χ1n) is 7.87. The Balaban J connectivity index is 2.17. The van der Waals surface area contributed by atoms with Gasteiger partial charge in [-0.25, -0.2) is 4.79 Å². The Kier molecular flexibility index (Phi) is 5.94. The van der Waals surface area contributed by atoms with Crippen LogP contribution >= 0.6 is 34.8 Å². The molecule has 1 N–H and O–H groups in total. The summed E-state index contributed by atoms with van der Waals surface area (Å²) in [7, 11) is 1.46. The van der Waals surface area contributed by atoms with E-state index in [1.54, 1.807) is 36.4 Å². The van der Waals surface area contributed by atoms with Gasteiger partial charge >= 0.3 is 6.09 Å². The van der Waals surface area contributed by atoms with Crippen LogP contribution < -0.4 is 5.32 Å². The van der Waals surface area contributed by atoms with Crippen molar-refractivity contribution in [3.05, 3.63) is 68.7 Å². The third-order valence-electron chi connectivity index (χ3n) is 4.13. The minimum Gasteiger partial charge on any atom is -0.449 e. The van der Waals surface area contributed by atoms with E-state index in [2.05, 4.69) is 26.0 Å². The summed E-state index contributed by atoms with van der Waals surface area (Å²) in [5.41, 5.74) is -0.243. The summed E-state index contributed by atoms with van der Waals surface area (Å²) < 4.78 is 5.30. The molecule has 27 heavy (non-hydrogen) atoms. The van der Waals surface area contributed by atoms with Crippen LogP contribution in [0.5, 0.6) is 0 Å². The molecule has 0 aromatic heterocycles. The van der Waals surface area contributed by atoms with Crippen molar-refractivity contribution in [1.29, 1.82) is 0 Å². The summed E-state index contributed by atoms with van der Waals surface area (Å²) in [4.78, 5) is 11.7. The maximum absolute atomic E-state index is 11.7. The lowest BCUT2D eigenvalue weighted by atomic mass is 9.82. The molecule has 2 aromatic rings. The number of ether oxygens (including phenoxy) is 1. The van der Waals surface area contributed by atoms with Gasteiger partial charge in [-0.05, 0) is 28.1 Å². The van der Waals surface area contributed by atoms with Crippen molar-refractivity contribution in [2.24, 2.45) is 20.7 Å². The van der Waals surface area contributed by atoms with Gasteiger partial charge in [0.2, 0.25) is 5.66 Å². The molecule has 3 rings (SSSR count). The van der Waals surface area contributed by atoms with Crippen LogP contribution in [-0.2, 0) is 10.4 Å². The number of carbonyl (C=O) groups is 1. The number of halogens is 3. The maximum atomic E-state index is 11.7. The lowest BCUT2D eigenvalue weighted by Crippen LogP contribution is -2.34. The summed E-state index contributed by atoms with van der Waals surface area (Å²) in [6, 6.07) is 12.2. The van der Waals surface area contributed by atoms with Gasteiger partial charge in [0.15, 0.2) is 0 Å². The highest BCUT2D eigenvalue weighted by Gasteiger charge is 2.48. The number of alkyl carbamates (subject to hydrolysis) is 1. The quantitative estimate of drug-likeness (QED) is 0.657. The summed E-state index contributed by atoms with van der Waals surface area (Å²) in [5.74, 6) is -0.644. The van der Waals surface area contributed by atoms with Crippen LogP contribution in [0.2, 0.25) is 15.1 Å². The zero-order valence-corrected chi connectivity index (χ0v) is 16.3. The lowest BCUT2D eigenvalue weighted by molar-refractivity contribution is 0.126. The monoisotopic (exact) mass is 425 g/mol. The highest BCUT2D eigenvalue weighted by Crippen LogP contribution is 2.49. The molecule has 0 saturated heterocycles. The molecule has 0 spiro atoms. The molecule has 2 aromatic carbocycles. The average Bonchev–Trinajstić information content (AvgIpc) is 3.15. The van der Waals surface area contributed by atoms with Gasteiger partial charge in [0.25, 0.3) is 0 Å². The molecule has 1 aliphatic heterocycles. The SMILES string of the molecule is CNC(=O)OCC(c1ccccc1Cl)C1(c2cccc(Cl)c2Cl)N=NN=N1. The molecule has 0 bridgehead atoms. The van der Waals surface area contributed by atoms with Crippen LogP contribution in [0.1, 0.15) is 17.0 Å². The van der Waals surface area contributed by atoms with Crippen molar-refractivity contribution in [3.8, 4) is 0 Å². The van der Waals surface area contributed by atoms with Crippen LogP contribution in [-0.4, -0.2) is 19.7 Å². The predicted octanol–water partition coefficient (Wildman–Crippen LogP) is 5.77. The van der Waals surface area contributed by atoms with Gasteiger partial charge < -0.3 is 10.1 Å². The lowest BCUT2D eigenvalue weighted by Gasteiger charge is -2.31. The molecule has 1 amide bonds. The average molecular weight is 427 g/mol. The Labute approximate surface area is 170 Å². The third-order valence-corrected chi connectivity index (χ3v) is 5.30. The van der Waals surface area contributed by atoms with Gasteiger partial charge in [-0.1, -0.05) is 65.1 Å². The molecule has 1 heterocycles. The van der Waals surface area contributed by atoms with Crippen LogP contribution in [0.25, 0.3) is 0 Å². The Morgan fingerprint density at radius 2 is 1.74 bits per heavy atom. The third kappa shape index (κ3) is 3.76. The molecule has 1 aliphatic rings. The minimum atomic E-state index is -1.37. The Hall–Kier alpha value is -2.22. The molecule has 7 nitrogen and oxygen atoms in total. The maximum Gasteiger partial charge on any atom is 0.406 e. The van der Waals surface area contributed by atoms with E-state index in [4.69, 9.17) is 39.5 Å². The van der Waals surface area contributed by atoms with E-state index < -0.39 is 17.7 Å². The summed E-state index contributed by atoms with van der Waals surface area (Å²) in [6.45, 7) is -0.0930. The van der Waals surface area contributed by atoms with E-state index >= 15 is 0 Å². The van der Waals surface area contributed by atoms with Gasteiger partial charge in [0.1, 0.15) is 6.61 Å². The first-order valence-corrected chi connectivity index (χ1v) is 9.00. The van der Waals surface area contributed by atoms with Crippen molar-refractivity contribution in [3.63, 3.8) is 0 Å². The van der Waals surface area contributed by atoms with Crippen molar-refractivity contribution in [2.75, 3.05) is 13.7 Å². The summed E-state index contributed by atoms with van der Waals surface area (Å²) in [6.07, 6.45) is -0.605. The molecule has 0 saturated carbocycles. The van der Waals surface area contributed by atoms with Crippen LogP contribution in [0, 0.1) is 0 Å². The molecule has 0 aliphatic carbocycles. The second-order valence-electron chi connectivity index (χ2n) is 5.63. The highest BCUT2D eigenvalue weighted by atomic mass is 35.5. The van der Waals surface area contributed by atoms with E-state index in [1.165, 1.54) is 7.05 Å². The number of hydrogen-bond acceptors (Lipinski definition) is 6. The number of amides is 1. The van der Waals surface area contributed by atoms with Gasteiger partial charge in [-0.15, -0.1) is 10.2 Å². The van der Waals surface area contributed by atoms with Crippen LogP contribution in [0.4, 0.5) is 4.79 Å². The zero-order chi connectivity index (χ0) is 19.4. The number of carbonyl (C=O) groups excluding carboxylic acids is 1. The number of hydrogen-bond donors (Lipinski definition) is 1. The van der Waals surface area contributed by atoms with Crippen LogP contribution in [0.3, 0.4) is 0 Å². The van der Waals surface area contributed by atoms with Crippen molar-refractivity contribution >= 4 is 40.9 Å². The molecule has 1 atom stereocenters. The Morgan fingerprint density at radius 1 is 1.07 bits per heavy atom. The number of nitrogens with one attached hydrogen (secondary N) is 1. The smallest absolute Gasteiger partial charge is 0.406 e. The zero-order valence-electron chi connectivity index (χ0n) is 14.1. The molecular weight excluding hydrogens is 413 g/mol. The number of rotatable bonds is 5. The second kappa shape index (κ2) is 8.21. The Bertz CT molecular complexity index is 907. The molecule has 140 valence electrons. The van der Waals surface area contributed by atoms with Gasteiger partial charge in [0, 0.05) is 17.6 Å². The fraction of sp³-hybridized carbons (Fsp3) is 0.235. The van der Waals surface area contributed by atoms with E-state index in [-0.39, 0.29) is 11.6 Å².